The number of carboxylic acid groups (broad SMARTS) is 1. The van der Waals surface area contributed by atoms with Crippen molar-refractivity contribution < 1.29 is 19.4 Å². The van der Waals surface area contributed by atoms with E-state index in [1.54, 1.807) is 25.1 Å². The van der Waals surface area contributed by atoms with Crippen molar-refractivity contribution in [3.05, 3.63) is 27.7 Å². The lowest BCUT2D eigenvalue weighted by molar-refractivity contribution is -0.137. The molecule has 0 aliphatic rings. The molecule has 0 aliphatic carbocycles. The molecule has 1 atom stereocenters. The van der Waals surface area contributed by atoms with Crippen LogP contribution in [-0.4, -0.2) is 29.6 Å². The van der Waals surface area contributed by atoms with Gasteiger partial charge in [0.05, 0.1) is 10.9 Å². The summed E-state index contributed by atoms with van der Waals surface area (Å²) in [4.78, 5) is 22.0. The molecule has 1 aromatic carbocycles. The maximum absolute atomic E-state index is 11.6. The number of nitrogens with one attached hydrogen (secondary N) is 1. The van der Waals surface area contributed by atoms with Gasteiger partial charge in [-0.3, -0.25) is 9.59 Å². The number of carbonyl (C=O) groups is 2. The molecule has 5 nitrogen and oxygen atoms in total. The van der Waals surface area contributed by atoms with E-state index in [2.05, 4.69) is 21.2 Å². The van der Waals surface area contributed by atoms with Gasteiger partial charge in [-0.2, -0.15) is 0 Å². The fourth-order valence-corrected chi connectivity index (χ4v) is 2.03. The monoisotopic (exact) mass is 349 g/mol. The van der Waals surface area contributed by atoms with E-state index in [-0.39, 0.29) is 18.9 Å². The molecule has 1 rings (SSSR count). The Morgan fingerprint density at radius 3 is 2.79 bits per heavy atom. The normalized spacial score (nSPS) is 11.7. The molecule has 7 heteroatoms. The molecule has 1 unspecified atom stereocenters. The van der Waals surface area contributed by atoms with Gasteiger partial charge in [0.1, 0.15) is 5.75 Å². The Kier molecular flexibility index (Phi) is 6.11. The summed E-state index contributed by atoms with van der Waals surface area (Å²) in [6.45, 7) is 1.65. The number of benzene rings is 1. The third kappa shape index (κ3) is 5.48. The van der Waals surface area contributed by atoms with E-state index in [0.717, 1.165) is 0 Å². The lowest BCUT2D eigenvalue weighted by atomic mass is 10.3. The molecule has 19 heavy (non-hydrogen) atoms. The number of rotatable bonds is 6. The van der Waals surface area contributed by atoms with Crippen molar-refractivity contribution in [2.45, 2.75) is 19.4 Å². The quantitative estimate of drug-likeness (QED) is 0.826. The van der Waals surface area contributed by atoms with Gasteiger partial charge >= 0.3 is 5.97 Å². The van der Waals surface area contributed by atoms with Crippen LogP contribution in [0.3, 0.4) is 0 Å². The van der Waals surface area contributed by atoms with Gasteiger partial charge in [0.2, 0.25) is 0 Å². The molecule has 1 amide bonds. The Balaban J connectivity index is 2.51. The average molecular weight is 351 g/mol. The third-order valence-electron chi connectivity index (χ3n) is 2.20. The van der Waals surface area contributed by atoms with Gasteiger partial charge in [-0.05, 0) is 41.1 Å². The van der Waals surface area contributed by atoms with E-state index in [1.165, 1.54) is 0 Å². The second kappa shape index (κ2) is 7.35. The molecule has 0 fully saturated rings. The minimum atomic E-state index is -0.964. The molecule has 0 aromatic heterocycles. The number of amides is 1. The highest BCUT2D eigenvalue weighted by Crippen LogP contribution is 2.28. The molecule has 1 aromatic rings. The van der Waals surface area contributed by atoms with E-state index in [0.29, 0.717) is 15.2 Å². The van der Waals surface area contributed by atoms with Crippen molar-refractivity contribution in [2.75, 3.05) is 6.54 Å². The number of carbonyl (C=O) groups excluding carboxylic acids is 1. The zero-order valence-corrected chi connectivity index (χ0v) is 12.5. The zero-order chi connectivity index (χ0) is 14.4. The Morgan fingerprint density at radius 1 is 1.53 bits per heavy atom. The standard InChI is InChI=1S/C12H13BrClNO4/c1-7(12(18)15-5-4-11(16)17)19-10-3-2-8(14)6-9(10)13/h2-3,6-7H,4-5H2,1H3,(H,15,18)(H,16,17). The number of halogens is 2. The van der Waals surface area contributed by atoms with Crippen LogP contribution in [0.15, 0.2) is 22.7 Å². The summed E-state index contributed by atoms with van der Waals surface area (Å²) >= 11 is 9.07. The highest BCUT2D eigenvalue weighted by Gasteiger charge is 2.15. The predicted octanol–water partition coefficient (Wildman–Crippen LogP) is 2.46. The predicted molar refractivity (Wildman–Crippen MR) is 74.5 cm³/mol. The Hall–Kier alpha value is -1.27. The highest BCUT2D eigenvalue weighted by atomic mass is 79.9. The molecule has 0 heterocycles. The fourth-order valence-electron chi connectivity index (χ4n) is 1.25. The average Bonchev–Trinajstić information content (AvgIpc) is 2.32. The van der Waals surface area contributed by atoms with Crippen LogP contribution in [0.2, 0.25) is 5.02 Å². The fraction of sp³-hybridized carbons (Fsp3) is 0.333. The summed E-state index contributed by atoms with van der Waals surface area (Å²) in [5, 5.41) is 11.5. The van der Waals surface area contributed by atoms with Crippen LogP contribution in [-0.2, 0) is 9.59 Å². The van der Waals surface area contributed by atoms with Gasteiger partial charge in [0.15, 0.2) is 6.10 Å². The lowest BCUT2D eigenvalue weighted by Crippen LogP contribution is -2.37. The van der Waals surface area contributed by atoms with Gasteiger partial charge in [-0.1, -0.05) is 11.6 Å². The van der Waals surface area contributed by atoms with Crippen molar-refractivity contribution in [3.63, 3.8) is 0 Å². The molecule has 2 N–H and O–H groups in total. The zero-order valence-electron chi connectivity index (χ0n) is 10.2. The van der Waals surface area contributed by atoms with Gasteiger partial charge in [0.25, 0.3) is 5.91 Å². The van der Waals surface area contributed by atoms with E-state index in [1.807, 2.05) is 0 Å². The minimum absolute atomic E-state index is 0.0731. The van der Waals surface area contributed by atoms with Gasteiger partial charge < -0.3 is 15.2 Å². The topological polar surface area (TPSA) is 75.6 Å². The van der Waals surface area contributed by atoms with Crippen molar-refractivity contribution in [1.82, 2.24) is 5.32 Å². The molecular formula is C12H13BrClNO4. The number of aliphatic carboxylic acids is 1. The van der Waals surface area contributed by atoms with Crippen LogP contribution in [0, 0.1) is 0 Å². The summed E-state index contributed by atoms with van der Waals surface area (Å²) in [6.07, 6.45) is -0.852. The minimum Gasteiger partial charge on any atom is -0.481 e. The van der Waals surface area contributed by atoms with Gasteiger partial charge in [-0.15, -0.1) is 0 Å². The second-order valence-corrected chi connectivity index (χ2v) is 5.06. The van der Waals surface area contributed by atoms with Gasteiger partial charge in [-0.25, -0.2) is 0 Å². The van der Waals surface area contributed by atoms with Crippen LogP contribution in [0.25, 0.3) is 0 Å². The Morgan fingerprint density at radius 2 is 2.21 bits per heavy atom. The first-order valence-electron chi connectivity index (χ1n) is 5.51. The summed E-state index contributed by atoms with van der Waals surface area (Å²) < 4.78 is 6.10. The van der Waals surface area contributed by atoms with Crippen molar-refractivity contribution in [1.29, 1.82) is 0 Å². The molecule has 104 valence electrons. The van der Waals surface area contributed by atoms with Crippen molar-refractivity contribution in [3.8, 4) is 5.75 Å². The number of carboxylic acids is 1. The van der Waals surface area contributed by atoms with Crippen molar-refractivity contribution >= 4 is 39.4 Å². The largest absolute Gasteiger partial charge is 0.481 e. The first-order valence-corrected chi connectivity index (χ1v) is 6.68. The summed E-state index contributed by atoms with van der Waals surface area (Å²) in [7, 11) is 0. The maximum Gasteiger partial charge on any atom is 0.305 e. The maximum atomic E-state index is 11.6. The molecule has 0 aliphatic heterocycles. The van der Waals surface area contributed by atoms with Crippen molar-refractivity contribution in [2.24, 2.45) is 0 Å². The molecule has 0 radical (unpaired) electrons. The molecule has 0 bridgehead atoms. The molecular weight excluding hydrogens is 337 g/mol. The highest BCUT2D eigenvalue weighted by molar-refractivity contribution is 9.10. The molecule has 0 spiro atoms. The van der Waals surface area contributed by atoms with Crippen LogP contribution in [0.1, 0.15) is 13.3 Å². The van der Waals surface area contributed by atoms with E-state index >= 15 is 0 Å². The summed E-state index contributed by atoms with van der Waals surface area (Å²) in [5.74, 6) is -0.845. The Labute approximate surface area is 124 Å². The Bertz CT molecular complexity index is 481. The SMILES string of the molecule is CC(Oc1ccc(Cl)cc1Br)C(=O)NCCC(=O)O. The number of ether oxygens (including phenoxy) is 1. The van der Waals surface area contributed by atoms with Crippen LogP contribution >= 0.6 is 27.5 Å². The van der Waals surface area contributed by atoms with Crippen LogP contribution in [0.4, 0.5) is 0 Å². The third-order valence-corrected chi connectivity index (χ3v) is 3.06. The van der Waals surface area contributed by atoms with Crippen LogP contribution in [0.5, 0.6) is 5.75 Å². The second-order valence-electron chi connectivity index (χ2n) is 3.77. The summed E-state index contributed by atoms with van der Waals surface area (Å²) in [6, 6.07) is 4.95. The van der Waals surface area contributed by atoms with E-state index < -0.39 is 12.1 Å². The first-order chi connectivity index (χ1) is 8.90. The number of hydrogen-bond acceptors (Lipinski definition) is 3. The molecule has 0 saturated heterocycles. The van der Waals surface area contributed by atoms with E-state index in [9.17, 15) is 9.59 Å². The number of hydrogen-bond donors (Lipinski definition) is 2. The summed E-state index contributed by atoms with van der Waals surface area (Å²) in [5.41, 5.74) is 0. The smallest absolute Gasteiger partial charge is 0.305 e. The van der Waals surface area contributed by atoms with Gasteiger partial charge in [0, 0.05) is 11.6 Å². The lowest BCUT2D eigenvalue weighted by Gasteiger charge is -2.15. The molecule has 0 saturated carbocycles. The van der Waals surface area contributed by atoms with E-state index in [4.69, 9.17) is 21.4 Å². The van der Waals surface area contributed by atoms with Crippen LogP contribution < -0.4 is 10.1 Å². The first kappa shape index (κ1) is 15.8.